The molecule has 1 aromatic heterocycles. The molecule has 0 aromatic carbocycles. The zero-order valence-corrected chi connectivity index (χ0v) is 25.2. The first-order chi connectivity index (χ1) is 15.0. The molecule has 188 valence electrons. The second-order valence-corrected chi connectivity index (χ2v) is 22.7. The Morgan fingerprint density at radius 3 is 2.15 bits per heavy atom. The van der Waals surface area contributed by atoms with Crippen molar-refractivity contribution >= 4 is 34.0 Å². The van der Waals surface area contributed by atoms with Crippen molar-refractivity contribution in [3.8, 4) is 0 Å². The van der Waals surface area contributed by atoms with Gasteiger partial charge in [-0.2, -0.15) is 0 Å². The zero-order valence-electron chi connectivity index (χ0n) is 22.3. The molecule has 0 unspecified atom stereocenters. The Morgan fingerprint density at radius 1 is 1.00 bits per heavy atom. The SMILES string of the molecule is CC(C)(C)[Si](C)(C)O[C@@H]1[C@H]2C[C@@H](OC(=S)n3ccnc3)CCN2C[C@H]1O[Si](C)(C)C(C)(C)C. The molecule has 1 aromatic rings. The maximum atomic E-state index is 7.12. The van der Waals surface area contributed by atoms with Crippen LogP contribution in [-0.4, -0.2) is 73.7 Å². The van der Waals surface area contributed by atoms with Crippen molar-refractivity contribution in [2.45, 2.75) is 115 Å². The Balaban J connectivity index is 1.81. The summed E-state index contributed by atoms with van der Waals surface area (Å²) in [5.41, 5.74) is 0. The number of thiocarbonyl (C=S) groups is 1. The normalized spacial score (nSPS) is 27.5. The molecule has 0 N–H and O–H groups in total. The number of rotatable bonds is 5. The molecule has 9 heteroatoms. The van der Waals surface area contributed by atoms with E-state index in [-0.39, 0.29) is 28.4 Å². The summed E-state index contributed by atoms with van der Waals surface area (Å²) < 4.78 is 22.1. The van der Waals surface area contributed by atoms with Gasteiger partial charge in [-0.1, -0.05) is 41.5 Å². The van der Waals surface area contributed by atoms with Crippen molar-refractivity contribution in [3.63, 3.8) is 0 Å². The third-order valence-corrected chi connectivity index (χ3v) is 17.6. The van der Waals surface area contributed by atoms with Crippen molar-refractivity contribution in [2.75, 3.05) is 13.1 Å². The summed E-state index contributed by atoms with van der Waals surface area (Å²) in [7, 11) is -3.91. The molecule has 2 aliphatic heterocycles. The Labute approximate surface area is 208 Å². The number of imidazole rings is 1. The van der Waals surface area contributed by atoms with Crippen molar-refractivity contribution in [3.05, 3.63) is 18.7 Å². The highest BCUT2D eigenvalue weighted by Gasteiger charge is 2.53. The lowest BCUT2D eigenvalue weighted by molar-refractivity contribution is 0.0164. The zero-order chi connectivity index (χ0) is 24.8. The molecule has 3 rings (SSSR count). The molecular weight excluding hydrogens is 467 g/mol. The topological polar surface area (TPSA) is 48.8 Å². The Hall–Kier alpha value is -0.586. The lowest BCUT2D eigenvalue weighted by atomic mass is 9.98. The van der Waals surface area contributed by atoms with Gasteiger partial charge in [0.2, 0.25) is 0 Å². The molecule has 0 amide bonds. The molecule has 3 heterocycles. The van der Waals surface area contributed by atoms with Crippen LogP contribution >= 0.6 is 12.2 Å². The van der Waals surface area contributed by atoms with Gasteiger partial charge < -0.3 is 13.6 Å². The number of fused-ring (bicyclic) bond motifs is 1. The van der Waals surface area contributed by atoms with E-state index < -0.39 is 16.6 Å². The molecule has 0 radical (unpaired) electrons. The predicted octanol–water partition coefficient (Wildman–Crippen LogP) is 5.66. The molecule has 2 saturated heterocycles. The van der Waals surface area contributed by atoms with Crippen LogP contribution in [0.2, 0.25) is 36.3 Å². The monoisotopic (exact) mass is 511 g/mol. The van der Waals surface area contributed by atoms with Crippen LogP contribution in [0.4, 0.5) is 0 Å². The Morgan fingerprint density at radius 2 is 1.61 bits per heavy atom. The number of hydrogen-bond acceptors (Lipinski definition) is 6. The average Bonchev–Trinajstić information content (AvgIpc) is 3.29. The second-order valence-electron chi connectivity index (χ2n) is 12.8. The smallest absolute Gasteiger partial charge is 0.269 e. The lowest BCUT2D eigenvalue weighted by Crippen LogP contribution is -2.54. The number of piperidine rings is 1. The highest BCUT2D eigenvalue weighted by molar-refractivity contribution is 7.80. The third kappa shape index (κ3) is 5.98. The van der Waals surface area contributed by atoms with Gasteiger partial charge in [-0.3, -0.25) is 9.47 Å². The molecule has 4 atom stereocenters. The minimum Gasteiger partial charge on any atom is -0.467 e. The van der Waals surface area contributed by atoms with Crippen molar-refractivity contribution < 1.29 is 13.6 Å². The molecule has 33 heavy (non-hydrogen) atoms. The molecule has 2 fully saturated rings. The van der Waals surface area contributed by atoms with Gasteiger partial charge in [0.25, 0.3) is 5.17 Å². The third-order valence-electron chi connectivity index (χ3n) is 8.34. The summed E-state index contributed by atoms with van der Waals surface area (Å²) in [6, 6.07) is 0.290. The number of nitrogens with zero attached hydrogens (tertiary/aromatic N) is 3. The Bertz CT molecular complexity index is 818. The first-order valence-corrected chi connectivity index (χ1v) is 18.5. The fourth-order valence-electron chi connectivity index (χ4n) is 4.17. The van der Waals surface area contributed by atoms with Crippen LogP contribution in [-0.2, 0) is 13.6 Å². The first kappa shape index (κ1) is 27.0. The fourth-order valence-corrected chi connectivity index (χ4v) is 7.08. The van der Waals surface area contributed by atoms with Gasteiger partial charge in [0.15, 0.2) is 16.6 Å². The van der Waals surface area contributed by atoms with Crippen molar-refractivity contribution in [1.82, 2.24) is 14.5 Å². The van der Waals surface area contributed by atoms with Gasteiger partial charge in [-0.15, -0.1) is 0 Å². The summed E-state index contributed by atoms with van der Waals surface area (Å²) >= 11 is 5.52. The van der Waals surface area contributed by atoms with Gasteiger partial charge in [0.1, 0.15) is 12.4 Å². The molecule has 0 bridgehead atoms. The number of ether oxygens (including phenoxy) is 1. The van der Waals surface area contributed by atoms with Crippen LogP contribution in [0.15, 0.2) is 18.7 Å². The first-order valence-electron chi connectivity index (χ1n) is 12.3. The van der Waals surface area contributed by atoms with E-state index in [1.165, 1.54) is 0 Å². The summed E-state index contributed by atoms with van der Waals surface area (Å²) in [4.78, 5) is 6.67. The quantitative estimate of drug-likeness (QED) is 0.375. The summed E-state index contributed by atoms with van der Waals surface area (Å²) in [5, 5.41) is 0.787. The van der Waals surface area contributed by atoms with Crippen LogP contribution < -0.4 is 0 Å². The average molecular weight is 512 g/mol. The molecular formula is C24H45N3O3SSi2. The predicted molar refractivity (Wildman–Crippen MR) is 144 cm³/mol. The largest absolute Gasteiger partial charge is 0.467 e. The van der Waals surface area contributed by atoms with Crippen LogP contribution in [0, 0.1) is 0 Å². The van der Waals surface area contributed by atoms with E-state index in [1.54, 1.807) is 17.1 Å². The van der Waals surface area contributed by atoms with E-state index in [2.05, 4.69) is 77.6 Å². The fraction of sp³-hybridized carbons (Fsp3) is 0.833. The summed E-state index contributed by atoms with van der Waals surface area (Å²) in [5.74, 6) is 0. The van der Waals surface area contributed by atoms with Gasteiger partial charge in [-0.05, 0) is 54.9 Å². The minimum absolute atomic E-state index is 0.0632. The van der Waals surface area contributed by atoms with E-state index in [1.807, 2.05) is 6.20 Å². The summed E-state index contributed by atoms with van der Waals surface area (Å²) in [6.45, 7) is 25.2. The van der Waals surface area contributed by atoms with Crippen molar-refractivity contribution in [1.29, 1.82) is 0 Å². The van der Waals surface area contributed by atoms with E-state index >= 15 is 0 Å². The van der Waals surface area contributed by atoms with Crippen molar-refractivity contribution in [2.24, 2.45) is 0 Å². The minimum atomic E-state index is -1.98. The van der Waals surface area contributed by atoms with Crippen LogP contribution in [0.1, 0.15) is 54.4 Å². The van der Waals surface area contributed by atoms with E-state index in [0.29, 0.717) is 11.2 Å². The number of hydrogen-bond donors (Lipinski definition) is 0. The lowest BCUT2D eigenvalue weighted by Gasteiger charge is -2.45. The highest BCUT2D eigenvalue weighted by atomic mass is 32.1. The standard InChI is InChI=1S/C24H45N3O3SSi2/c1-23(2,3)32(7,8)29-20-16-26-13-11-18(28-22(31)27-14-12-25-17-27)15-19(26)21(20)30-33(9,10)24(4,5)6/h12,14,17-21H,11,13,15-16H2,1-10H3/t18-,19+,20+,21+/m0/s1. The van der Waals surface area contributed by atoms with E-state index in [4.69, 9.17) is 25.8 Å². The molecule has 2 aliphatic rings. The van der Waals surface area contributed by atoms with Gasteiger partial charge in [-0.25, -0.2) is 4.98 Å². The summed E-state index contributed by atoms with van der Waals surface area (Å²) in [6.07, 6.45) is 7.37. The maximum absolute atomic E-state index is 7.12. The Kier molecular flexibility index (Phi) is 7.74. The molecule has 0 aliphatic carbocycles. The second kappa shape index (κ2) is 9.46. The number of aromatic nitrogens is 2. The van der Waals surface area contributed by atoms with E-state index in [9.17, 15) is 0 Å². The van der Waals surface area contributed by atoms with E-state index in [0.717, 1.165) is 25.9 Å². The van der Waals surface area contributed by atoms with Gasteiger partial charge >= 0.3 is 0 Å². The highest BCUT2D eigenvalue weighted by Crippen LogP contribution is 2.44. The molecule has 0 spiro atoms. The van der Waals surface area contributed by atoms with Crippen LogP contribution in [0.3, 0.4) is 0 Å². The van der Waals surface area contributed by atoms with Gasteiger partial charge in [0.05, 0.1) is 12.2 Å². The van der Waals surface area contributed by atoms with Gasteiger partial charge in [0, 0.05) is 37.9 Å². The molecule has 0 saturated carbocycles. The molecule has 6 nitrogen and oxygen atoms in total. The maximum Gasteiger partial charge on any atom is 0.269 e. The van der Waals surface area contributed by atoms with Crippen LogP contribution in [0.5, 0.6) is 0 Å². The van der Waals surface area contributed by atoms with Crippen LogP contribution in [0.25, 0.3) is 0 Å².